The van der Waals surface area contributed by atoms with E-state index in [9.17, 15) is 14.7 Å². The van der Waals surface area contributed by atoms with Gasteiger partial charge in [0.15, 0.2) is 0 Å². The van der Waals surface area contributed by atoms with E-state index in [4.69, 9.17) is 16.3 Å². The number of carbonyl (C=O) groups excluding carboxylic acids is 1. The second kappa shape index (κ2) is 6.57. The highest BCUT2D eigenvalue weighted by Crippen LogP contribution is 2.46. The summed E-state index contributed by atoms with van der Waals surface area (Å²) in [6, 6.07) is 3.45. The number of nitrogens with one attached hydrogen (secondary N) is 1. The Labute approximate surface area is 134 Å². The molecule has 120 valence electrons. The zero-order valence-corrected chi connectivity index (χ0v) is 13.6. The Kier molecular flexibility index (Phi) is 4.96. The average molecular weight is 326 g/mol. The van der Waals surface area contributed by atoms with Gasteiger partial charge in [0.25, 0.3) is 0 Å². The van der Waals surface area contributed by atoms with Crippen molar-refractivity contribution in [2.45, 2.75) is 32.6 Å². The highest BCUT2D eigenvalue weighted by Gasteiger charge is 2.32. The summed E-state index contributed by atoms with van der Waals surface area (Å²) in [4.78, 5) is 23.6. The van der Waals surface area contributed by atoms with Crippen LogP contribution in [0.4, 0.5) is 5.69 Å². The Morgan fingerprint density at radius 3 is 2.45 bits per heavy atom. The van der Waals surface area contributed by atoms with Gasteiger partial charge in [-0.05, 0) is 36.3 Å². The second-order valence-electron chi connectivity index (χ2n) is 5.90. The number of hydrogen-bond donors (Lipinski definition) is 2. The van der Waals surface area contributed by atoms with Crippen LogP contribution in [0.3, 0.4) is 0 Å². The predicted octanol–water partition coefficient (Wildman–Crippen LogP) is 3.52. The molecular weight excluding hydrogens is 306 g/mol. The van der Waals surface area contributed by atoms with Crippen molar-refractivity contribution in [3.63, 3.8) is 0 Å². The zero-order chi connectivity index (χ0) is 16.4. The molecule has 6 heteroatoms. The van der Waals surface area contributed by atoms with Gasteiger partial charge in [-0.3, -0.25) is 9.59 Å². The van der Waals surface area contributed by atoms with Crippen LogP contribution in [0.2, 0.25) is 5.02 Å². The van der Waals surface area contributed by atoms with Gasteiger partial charge in [-0.15, -0.1) is 0 Å². The lowest BCUT2D eigenvalue weighted by atomic mass is 9.94. The molecule has 0 aromatic heterocycles. The Hall–Kier alpha value is -1.75. The molecule has 0 saturated heterocycles. The predicted molar refractivity (Wildman–Crippen MR) is 84.6 cm³/mol. The maximum Gasteiger partial charge on any atom is 0.316 e. The molecule has 1 saturated carbocycles. The number of methoxy groups -OCH3 is 1. The third kappa shape index (κ3) is 3.53. The fourth-order valence-electron chi connectivity index (χ4n) is 2.48. The van der Waals surface area contributed by atoms with Crippen molar-refractivity contribution in [2.75, 3.05) is 12.4 Å². The number of carboxylic acids is 1. The van der Waals surface area contributed by atoms with Gasteiger partial charge in [0, 0.05) is 11.8 Å². The van der Waals surface area contributed by atoms with Gasteiger partial charge < -0.3 is 15.2 Å². The molecule has 1 atom stereocenters. The minimum Gasteiger partial charge on any atom is -0.495 e. The molecule has 1 fully saturated rings. The van der Waals surface area contributed by atoms with Gasteiger partial charge >= 0.3 is 5.97 Å². The summed E-state index contributed by atoms with van der Waals surface area (Å²) in [6.07, 6.45) is 2.08. The van der Waals surface area contributed by atoms with E-state index in [0.29, 0.717) is 22.4 Å². The van der Waals surface area contributed by atoms with Crippen molar-refractivity contribution in [1.29, 1.82) is 0 Å². The molecule has 2 N–H and O–H groups in total. The topological polar surface area (TPSA) is 75.6 Å². The molecule has 1 aliphatic rings. The molecule has 0 radical (unpaired) electrons. The van der Waals surface area contributed by atoms with Gasteiger partial charge in [0.1, 0.15) is 11.7 Å². The van der Waals surface area contributed by atoms with Crippen LogP contribution in [-0.2, 0) is 9.59 Å². The van der Waals surface area contributed by atoms with Crippen molar-refractivity contribution >= 4 is 29.2 Å². The molecule has 5 nitrogen and oxygen atoms in total. The van der Waals surface area contributed by atoms with E-state index >= 15 is 0 Å². The monoisotopic (exact) mass is 325 g/mol. The molecular formula is C16H20ClNO4. The third-order valence-corrected chi connectivity index (χ3v) is 4.11. The number of carbonyl (C=O) groups is 2. The van der Waals surface area contributed by atoms with E-state index in [1.807, 2.05) is 0 Å². The smallest absolute Gasteiger partial charge is 0.316 e. The first kappa shape index (κ1) is 16.6. The lowest BCUT2D eigenvalue weighted by Crippen LogP contribution is -2.33. The van der Waals surface area contributed by atoms with Crippen LogP contribution in [-0.4, -0.2) is 24.1 Å². The van der Waals surface area contributed by atoms with Crippen molar-refractivity contribution < 1.29 is 19.4 Å². The van der Waals surface area contributed by atoms with Crippen molar-refractivity contribution in [1.82, 2.24) is 0 Å². The molecule has 0 bridgehead atoms. The number of amides is 1. The Balaban J connectivity index is 2.31. The molecule has 1 amide bonds. The molecule has 0 spiro atoms. The quantitative estimate of drug-likeness (QED) is 0.785. The fourth-order valence-corrected chi connectivity index (χ4v) is 2.73. The average Bonchev–Trinajstić information content (AvgIpc) is 3.23. The van der Waals surface area contributed by atoms with E-state index in [-0.39, 0.29) is 5.92 Å². The molecule has 2 rings (SSSR count). The number of hydrogen-bond acceptors (Lipinski definition) is 3. The maximum absolute atomic E-state index is 12.3. The van der Waals surface area contributed by atoms with E-state index in [1.165, 1.54) is 7.11 Å². The summed E-state index contributed by atoms with van der Waals surface area (Å²) in [5.41, 5.74) is 1.52. The molecule has 1 aromatic carbocycles. The molecule has 0 heterocycles. The lowest BCUT2D eigenvalue weighted by Gasteiger charge is -2.18. The molecule has 1 unspecified atom stereocenters. The Bertz CT molecular complexity index is 596. The number of carboxylic acid groups (broad SMARTS) is 1. The summed E-state index contributed by atoms with van der Waals surface area (Å²) in [7, 11) is 1.50. The largest absolute Gasteiger partial charge is 0.495 e. The van der Waals surface area contributed by atoms with Crippen molar-refractivity contribution in [2.24, 2.45) is 11.8 Å². The van der Waals surface area contributed by atoms with Crippen LogP contribution in [0.5, 0.6) is 5.75 Å². The summed E-state index contributed by atoms with van der Waals surface area (Å²) in [5, 5.41) is 12.4. The highest BCUT2D eigenvalue weighted by molar-refractivity contribution is 6.32. The number of benzene rings is 1. The standard InChI is InChI=1S/C16H20ClNO4/c1-8(2)14(16(20)21)15(19)18-12-7-13(22-3)11(17)6-10(12)9-4-5-9/h6-9,14H,4-5H2,1-3H3,(H,18,19)(H,20,21). The van der Waals surface area contributed by atoms with Crippen LogP contribution >= 0.6 is 11.6 Å². The summed E-state index contributed by atoms with van der Waals surface area (Å²) in [5.74, 6) is -2.21. The van der Waals surface area contributed by atoms with E-state index in [1.54, 1.807) is 26.0 Å². The van der Waals surface area contributed by atoms with Crippen LogP contribution < -0.4 is 10.1 Å². The summed E-state index contributed by atoms with van der Waals surface area (Å²) < 4.78 is 5.18. The zero-order valence-electron chi connectivity index (χ0n) is 12.9. The number of rotatable bonds is 6. The van der Waals surface area contributed by atoms with Gasteiger partial charge in [0.2, 0.25) is 5.91 Å². The van der Waals surface area contributed by atoms with Gasteiger partial charge in [-0.2, -0.15) is 0 Å². The van der Waals surface area contributed by atoms with Crippen LogP contribution in [0, 0.1) is 11.8 Å². The number of ether oxygens (including phenoxy) is 1. The minimum atomic E-state index is -1.12. The normalized spacial score (nSPS) is 15.5. The van der Waals surface area contributed by atoms with Crippen LogP contribution in [0.15, 0.2) is 12.1 Å². The lowest BCUT2D eigenvalue weighted by molar-refractivity contribution is -0.147. The van der Waals surface area contributed by atoms with Gasteiger partial charge in [0.05, 0.1) is 12.1 Å². The molecule has 0 aliphatic heterocycles. The first-order valence-corrected chi connectivity index (χ1v) is 7.64. The SMILES string of the molecule is COc1cc(NC(=O)C(C(=O)O)C(C)C)c(C2CC2)cc1Cl. The number of aliphatic carboxylic acids is 1. The van der Waals surface area contributed by atoms with Crippen molar-refractivity contribution in [3.8, 4) is 5.75 Å². The second-order valence-corrected chi connectivity index (χ2v) is 6.30. The summed E-state index contributed by atoms with van der Waals surface area (Å²) >= 11 is 6.14. The highest BCUT2D eigenvalue weighted by atomic mass is 35.5. The van der Waals surface area contributed by atoms with Gasteiger partial charge in [-0.25, -0.2) is 0 Å². The number of halogens is 1. The van der Waals surface area contributed by atoms with Crippen molar-refractivity contribution in [3.05, 3.63) is 22.7 Å². The first-order valence-electron chi connectivity index (χ1n) is 7.26. The minimum absolute atomic E-state index is 0.295. The Morgan fingerprint density at radius 2 is 2.00 bits per heavy atom. The maximum atomic E-state index is 12.3. The summed E-state index contributed by atoms with van der Waals surface area (Å²) in [6.45, 7) is 3.42. The van der Waals surface area contributed by atoms with E-state index in [0.717, 1.165) is 18.4 Å². The van der Waals surface area contributed by atoms with Crippen LogP contribution in [0.25, 0.3) is 0 Å². The fraction of sp³-hybridized carbons (Fsp3) is 0.500. The van der Waals surface area contributed by atoms with Gasteiger partial charge in [-0.1, -0.05) is 25.4 Å². The first-order chi connectivity index (χ1) is 10.3. The van der Waals surface area contributed by atoms with E-state index in [2.05, 4.69) is 5.32 Å². The third-order valence-electron chi connectivity index (χ3n) is 3.81. The molecule has 1 aromatic rings. The number of anilines is 1. The van der Waals surface area contributed by atoms with Crippen LogP contribution in [0.1, 0.15) is 38.2 Å². The molecule has 22 heavy (non-hydrogen) atoms. The molecule has 1 aliphatic carbocycles. The Morgan fingerprint density at radius 1 is 1.36 bits per heavy atom. The van der Waals surface area contributed by atoms with E-state index < -0.39 is 17.8 Å².